The lowest BCUT2D eigenvalue weighted by Crippen LogP contribution is -2.20. The first-order valence-electron chi connectivity index (χ1n) is 8.67. The molecule has 0 saturated carbocycles. The molecular formula is C22H17ClN2O4. The van der Waals surface area contributed by atoms with Gasteiger partial charge >= 0.3 is 5.97 Å². The number of hydrogen-bond donors (Lipinski definition) is 3. The molecule has 0 aliphatic rings. The van der Waals surface area contributed by atoms with Crippen molar-refractivity contribution in [2.75, 3.05) is 10.6 Å². The Morgan fingerprint density at radius 3 is 1.93 bits per heavy atom. The third-order valence-corrected chi connectivity index (χ3v) is 4.75. The third-order valence-electron chi connectivity index (χ3n) is 4.34. The second-order valence-electron chi connectivity index (χ2n) is 6.22. The number of amides is 2. The fraction of sp³-hybridized carbons (Fsp3) is 0.0455. The van der Waals surface area contributed by atoms with Crippen LogP contribution in [-0.2, 0) is 0 Å². The number of carbonyl (C=O) groups excluding carboxylic acids is 2. The summed E-state index contributed by atoms with van der Waals surface area (Å²) in [7, 11) is 0. The third kappa shape index (κ3) is 4.44. The van der Waals surface area contributed by atoms with Crippen molar-refractivity contribution in [2.24, 2.45) is 0 Å². The molecule has 29 heavy (non-hydrogen) atoms. The van der Waals surface area contributed by atoms with Crippen LogP contribution in [-0.4, -0.2) is 22.9 Å². The van der Waals surface area contributed by atoms with E-state index < -0.39 is 17.8 Å². The van der Waals surface area contributed by atoms with E-state index in [-0.39, 0.29) is 22.4 Å². The maximum atomic E-state index is 12.8. The summed E-state index contributed by atoms with van der Waals surface area (Å²) < 4.78 is 0. The SMILES string of the molecule is Cc1c(Cl)cccc1NC(=O)c1ccccc1NC(=O)c1ccccc1C(=O)O. The summed E-state index contributed by atoms with van der Waals surface area (Å²) in [5, 5.41) is 15.2. The van der Waals surface area contributed by atoms with Gasteiger partial charge in [0.1, 0.15) is 0 Å². The van der Waals surface area contributed by atoms with E-state index in [1.165, 1.54) is 18.2 Å². The van der Waals surface area contributed by atoms with E-state index in [1.54, 1.807) is 55.5 Å². The molecule has 3 N–H and O–H groups in total. The van der Waals surface area contributed by atoms with Crippen molar-refractivity contribution >= 4 is 40.8 Å². The summed E-state index contributed by atoms with van der Waals surface area (Å²) in [4.78, 5) is 36.8. The topological polar surface area (TPSA) is 95.5 Å². The molecule has 0 bridgehead atoms. The fourth-order valence-electron chi connectivity index (χ4n) is 2.78. The minimum absolute atomic E-state index is 0.000830. The highest BCUT2D eigenvalue weighted by Crippen LogP contribution is 2.25. The van der Waals surface area contributed by atoms with Gasteiger partial charge in [-0.1, -0.05) is 41.9 Å². The molecule has 0 heterocycles. The zero-order chi connectivity index (χ0) is 21.0. The van der Waals surface area contributed by atoms with E-state index in [2.05, 4.69) is 10.6 Å². The van der Waals surface area contributed by atoms with Crippen molar-refractivity contribution in [3.8, 4) is 0 Å². The van der Waals surface area contributed by atoms with Crippen molar-refractivity contribution in [1.29, 1.82) is 0 Å². The van der Waals surface area contributed by atoms with Gasteiger partial charge in [0.25, 0.3) is 11.8 Å². The van der Waals surface area contributed by atoms with Crippen molar-refractivity contribution in [2.45, 2.75) is 6.92 Å². The molecule has 0 fully saturated rings. The normalized spacial score (nSPS) is 10.3. The Morgan fingerprint density at radius 2 is 1.24 bits per heavy atom. The van der Waals surface area contributed by atoms with Crippen LogP contribution in [0.5, 0.6) is 0 Å². The zero-order valence-electron chi connectivity index (χ0n) is 15.4. The van der Waals surface area contributed by atoms with Crippen LogP contribution >= 0.6 is 11.6 Å². The summed E-state index contributed by atoms with van der Waals surface area (Å²) in [5.74, 6) is -2.27. The van der Waals surface area contributed by atoms with Gasteiger partial charge in [0.05, 0.1) is 22.4 Å². The number of para-hydroxylation sites is 1. The maximum Gasteiger partial charge on any atom is 0.336 e. The lowest BCUT2D eigenvalue weighted by atomic mass is 10.1. The number of rotatable bonds is 5. The van der Waals surface area contributed by atoms with Crippen molar-refractivity contribution in [1.82, 2.24) is 0 Å². The van der Waals surface area contributed by atoms with Gasteiger partial charge in [-0.05, 0) is 48.9 Å². The molecule has 0 radical (unpaired) electrons. The second kappa shape index (κ2) is 8.58. The summed E-state index contributed by atoms with van der Waals surface area (Å²) in [6, 6.07) is 17.5. The standard InChI is InChI=1S/C22H17ClN2O4/c1-13-17(23)10-6-12-18(13)24-21(27)16-9-4-5-11-19(16)25-20(26)14-7-2-3-8-15(14)22(28)29/h2-12H,1H3,(H,24,27)(H,25,26)(H,28,29). The lowest BCUT2D eigenvalue weighted by molar-refractivity contribution is 0.0692. The number of carbonyl (C=O) groups is 3. The number of carboxylic acid groups (broad SMARTS) is 1. The molecule has 0 spiro atoms. The van der Waals surface area contributed by atoms with Crippen LogP contribution in [0.1, 0.15) is 36.6 Å². The summed E-state index contributed by atoms with van der Waals surface area (Å²) in [5.41, 5.74) is 1.64. The molecule has 146 valence electrons. The Morgan fingerprint density at radius 1 is 0.724 bits per heavy atom. The van der Waals surface area contributed by atoms with Crippen LogP contribution in [0.2, 0.25) is 5.02 Å². The Balaban J connectivity index is 1.88. The van der Waals surface area contributed by atoms with Crippen LogP contribution in [0.4, 0.5) is 11.4 Å². The number of halogens is 1. The quantitative estimate of drug-likeness (QED) is 0.562. The molecule has 2 amide bonds. The molecule has 0 aliphatic heterocycles. The Hall–Kier alpha value is -3.64. The van der Waals surface area contributed by atoms with Crippen molar-refractivity contribution in [3.63, 3.8) is 0 Å². The van der Waals surface area contributed by atoms with E-state index in [1.807, 2.05) is 0 Å². The van der Waals surface area contributed by atoms with Crippen molar-refractivity contribution < 1.29 is 19.5 Å². The number of benzene rings is 3. The molecule has 0 aromatic heterocycles. The Bertz CT molecular complexity index is 1110. The first-order valence-corrected chi connectivity index (χ1v) is 9.05. The average molecular weight is 409 g/mol. The van der Waals surface area contributed by atoms with Crippen LogP contribution in [0, 0.1) is 6.92 Å². The number of aromatic carboxylic acids is 1. The largest absolute Gasteiger partial charge is 0.478 e. The molecule has 0 saturated heterocycles. The van der Waals surface area contributed by atoms with E-state index in [0.29, 0.717) is 10.7 Å². The van der Waals surface area contributed by atoms with E-state index in [0.717, 1.165) is 5.56 Å². The average Bonchev–Trinajstić information content (AvgIpc) is 2.71. The predicted molar refractivity (Wildman–Crippen MR) is 112 cm³/mol. The number of nitrogens with one attached hydrogen (secondary N) is 2. The Kier molecular flexibility index (Phi) is 5.95. The van der Waals surface area contributed by atoms with Gasteiger partial charge in [-0.3, -0.25) is 9.59 Å². The predicted octanol–water partition coefficient (Wildman–Crippen LogP) is 4.85. The first-order chi connectivity index (χ1) is 13.9. The van der Waals surface area contributed by atoms with Crippen LogP contribution in [0.3, 0.4) is 0 Å². The van der Waals surface area contributed by atoms with Crippen LogP contribution in [0.15, 0.2) is 66.7 Å². The molecule has 3 aromatic carbocycles. The molecule has 3 aromatic rings. The summed E-state index contributed by atoms with van der Waals surface area (Å²) in [6.45, 7) is 1.79. The molecule has 0 unspecified atom stereocenters. The fourth-order valence-corrected chi connectivity index (χ4v) is 2.95. The maximum absolute atomic E-state index is 12.8. The highest BCUT2D eigenvalue weighted by Gasteiger charge is 2.19. The van der Waals surface area contributed by atoms with E-state index >= 15 is 0 Å². The lowest BCUT2D eigenvalue weighted by Gasteiger charge is -2.14. The number of hydrogen-bond acceptors (Lipinski definition) is 3. The molecule has 0 aliphatic carbocycles. The minimum atomic E-state index is -1.21. The Labute approximate surface area is 172 Å². The minimum Gasteiger partial charge on any atom is -0.478 e. The van der Waals surface area contributed by atoms with E-state index in [4.69, 9.17) is 11.6 Å². The molecule has 7 heteroatoms. The zero-order valence-corrected chi connectivity index (χ0v) is 16.2. The molecule has 3 rings (SSSR count). The molecule has 6 nitrogen and oxygen atoms in total. The highest BCUT2D eigenvalue weighted by molar-refractivity contribution is 6.31. The smallest absolute Gasteiger partial charge is 0.336 e. The van der Waals surface area contributed by atoms with Gasteiger partial charge in [-0.15, -0.1) is 0 Å². The van der Waals surface area contributed by atoms with E-state index in [9.17, 15) is 19.5 Å². The summed E-state index contributed by atoms with van der Waals surface area (Å²) in [6.07, 6.45) is 0. The van der Waals surface area contributed by atoms with Crippen LogP contribution in [0.25, 0.3) is 0 Å². The van der Waals surface area contributed by atoms with Gasteiger partial charge < -0.3 is 15.7 Å². The monoisotopic (exact) mass is 408 g/mol. The molecular weight excluding hydrogens is 392 g/mol. The molecule has 0 atom stereocenters. The van der Waals surface area contributed by atoms with Gasteiger partial charge in [0, 0.05) is 10.7 Å². The number of carboxylic acids is 1. The van der Waals surface area contributed by atoms with Gasteiger partial charge in [0.2, 0.25) is 0 Å². The van der Waals surface area contributed by atoms with Gasteiger partial charge in [-0.25, -0.2) is 4.79 Å². The summed E-state index contributed by atoms with van der Waals surface area (Å²) >= 11 is 6.10. The second-order valence-corrected chi connectivity index (χ2v) is 6.62. The van der Waals surface area contributed by atoms with Crippen molar-refractivity contribution in [3.05, 3.63) is 94.0 Å². The first kappa shape index (κ1) is 20.1. The van der Waals surface area contributed by atoms with Gasteiger partial charge in [0.15, 0.2) is 0 Å². The highest BCUT2D eigenvalue weighted by atomic mass is 35.5. The number of anilines is 2. The van der Waals surface area contributed by atoms with Gasteiger partial charge in [-0.2, -0.15) is 0 Å². The van der Waals surface area contributed by atoms with Crippen LogP contribution < -0.4 is 10.6 Å².